The molecule has 0 aliphatic heterocycles. The molecule has 0 radical (unpaired) electrons. The van der Waals surface area contributed by atoms with Crippen LogP contribution >= 0.6 is 0 Å². The van der Waals surface area contributed by atoms with Crippen LogP contribution in [0.15, 0.2) is 42.5 Å². The van der Waals surface area contributed by atoms with Crippen molar-refractivity contribution in [2.45, 2.75) is 39.3 Å². The Morgan fingerprint density at radius 2 is 1.79 bits per heavy atom. The van der Waals surface area contributed by atoms with E-state index in [1.165, 1.54) is 43.3 Å². The van der Waals surface area contributed by atoms with Crippen LogP contribution in [-0.2, 0) is 9.53 Å². The third kappa shape index (κ3) is 5.94. The maximum atomic E-state index is 13.8. The Labute approximate surface area is 162 Å². The smallest absolute Gasteiger partial charge is 0.429 e. The van der Waals surface area contributed by atoms with Gasteiger partial charge in [-0.15, -0.1) is 0 Å². The molecule has 0 unspecified atom stereocenters. The largest absolute Gasteiger partial charge is 0.442 e. The second kappa shape index (κ2) is 8.69. The average molecular weight is 391 g/mol. The zero-order valence-electron chi connectivity index (χ0n) is 16.1. The molecule has 0 aromatic heterocycles. The highest BCUT2D eigenvalue weighted by molar-refractivity contribution is 5.79. The molecular formula is C20H23F2N3O3. The maximum absolute atomic E-state index is 13.8. The lowest BCUT2D eigenvalue weighted by Gasteiger charge is -2.30. The number of nitrogens with zero attached hydrogens (tertiary/aromatic N) is 1. The Morgan fingerprint density at radius 3 is 2.39 bits per heavy atom. The van der Waals surface area contributed by atoms with Crippen molar-refractivity contribution >= 4 is 29.4 Å². The van der Waals surface area contributed by atoms with E-state index >= 15 is 0 Å². The number of hydrogen-bond donors (Lipinski definition) is 2. The molecule has 0 bridgehead atoms. The number of carbonyl (C=O) groups excluding carboxylic acids is 2. The molecule has 0 fully saturated rings. The molecule has 6 nitrogen and oxygen atoms in total. The van der Waals surface area contributed by atoms with Crippen molar-refractivity contribution in [1.29, 1.82) is 0 Å². The fraction of sp³-hybridized carbons (Fsp3) is 0.300. The van der Waals surface area contributed by atoms with Gasteiger partial charge in [-0.2, -0.15) is 0 Å². The highest BCUT2D eigenvalue weighted by atomic mass is 19.1. The fourth-order valence-electron chi connectivity index (χ4n) is 2.25. The van der Waals surface area contributed by atoms with Crippen molar-refractivity contribution in [1.82, 2.24) is 5.01 Å². The highest BCUT2D eigenvalue weighted by Gasteiger charge is 2.27. The molecule has 2 aromatic carbocycles. The van der Waals surface area contributed by atoms with E-state index < -0.39 is 29.4 Å². The quantitative estimate of drug-likeness (QED) is 0.544. The van der Waals surface area contributed by atoms with E-state index in [4.69, 9.17) is 4.74 Å². The predicted octanol–water partition coefficient (Wildman–Crippen LogP) is 4.86. The lowest BCUT2D eigenvalue weighted by Crippen LogP contribution is -2.46. The number of ether oxygens (including phenoxy) is 1. The minimum absolute atomic E-state index is 0.247. The molecule has 2 N–H and O–H groups in total. The SMILES string of the molecule is C[C@@H](C=O)N(Nc1ccc(F)cc1Nc1cccc(F)c1)C(=O)OC(C)(C)C. The van der Waals surface area contributed by atoms with Gasteiger partial charge in [0.2, 0.25) is 0 Å². The lowest BCUT2D eigenvalue weighted by molar-refractivity contribution is -0.111. The Hall–Kier alpha value is -3.16. The van der Waals surface area contributed by atoms with Gasteiger partial charge in [-0.05, 0) is 64.1 Å². The summed E-state index contributed by atoms with van der Waals surface area (Å²) in [6, 6.07) is 8.56. The molecule has 0 aliphatic rings. The van der Waals surface area contributed by atoms with Gasteiger partial charge in [-0.3, -0.25) is 5.43 Å². The molecule has 0 saturated carbocycles. The van der Waals surface area contributed by atoms with Gasteiger partial charge in [0, 0.05) is 5.69 Å². The molecule has 2 rings (SSSR count). The molecule has 0 spiro atoms. The molecule has 2 aromatic rings. The van der Waals surface area contributed by atoms with Crippen molar-refractivity contribution in [3.05, 3.63) is 54.1 Å². The van der Waals surface area contributed by atoms with E-state index in [0.29, 0.717) is 17.7 Å². The summed E-state index contributed by atoms with van der Waals surface area (Å²) < 4.78 is 32.5. The van der Waals surface area contributed by atoms with Crippen molar-refractivity contribution < 1.29 is 23.1 Å². The van der Waals surface area contributed by atoms with Crippen LogP contribution in [-0.4, -0.2) is 29.0 Å². The normalized spacial score (nSPS) is 12.1. The minimum atomic E-state index is -0.859. The van der Waals surface area contributed by atoms with Gasteiger partial charge in [-0.25, -0.2) is 18.6 Å². The van der Waals surface area contributed by atoms with Gasteiger partial charge in [-0.1, -0.05) is 6.07 Å². The van der Waals surface area contributed by atoms with Gasteiger partial charge >= 0.3 is 6.09 Å². The summed E-state index contributed by atoms with van der Waals surface area (Å²) in [6.07, 6.45) is -0.201. The number of rotatable bonds is 6. The number of nitrogens with one attached hydrogen (secondary N) is 2. The first-order chi connectivity index (χ1) is 13.1. The van der Waals surface area contributed by atoms with Gasteiger partial charge in [0.15, 0.2) is 0 Å². The summed E-state index contributed by atoms with van der Waals surface area (Å²) in [7, 11) is 0. The monoisotopic (exact) mass is 391 g/mol. The Morgan fingerprint density at radius 1 is 1.11 bits per heavy atom. The molecule has 0 saturated heterocycles. The molecule has 8 heteroatoms. The molecule has 0 aliphatic carbocycles. The first-order valence-electron chi connectivity index (χ1n) is 8.65. The summed E-state index contributed by atoms with van der Waals surface area (Å²) in [5, 5.41) is 3.90. The van der Waals surface area contributed by atoms with Crippen molar-refractivity contribution in [2.24, 2.45) is 0 Å². The number of halogens is 2. The molecule has 1 amide bonds. The topological polar surface area (TPSA) is 70.7 Å². The van der Waals surface area contributed by atoms with E-state index in [0.717, 1.165) is 5.01 Å². The van der Waals surface area contributed by atoms with Gasteiger partial charge in [0.1, 0.15) is 29.6 Å². The van der Waals surface area contributed by atoms with E-state index in [1.54, 1.807) is 26.8 Å². The first kappa shape index (κ1) is 21.1. The van der Waals surface area contributed by atoms with Crippen LogP contribution in [0.4, 0.5) is 30.6 Å². The Kier molecular flexibility index (Phi) is 6.56. The van der Waals surface area contributed by atoms with Gasteiger partial charge < -0.3 is 14.8 Å². The first-order valence-corrected chi connectivity index (χ1v) is 8.65. The van der Waals surface area contributed by atoms with Crippen LogP contribution in [0.25, 0.3) is 0 Å². The summed E-state index contributed by atoms with van der Waals surface area (Å²) in [4.78, 5) is 23.8. The molecule has 150 valence electrons. The van der Waals surface area contributed by atoms with Crippen LogP contribution in [0.3, 0.4) is 0 Å². The number of anilines is 3. The second-order valence-electron chi connectivity index (χ2n) is 7.16. The van der Waals surface area contributed by atoms with Crippen molar-refractivity contribution in [2.75, 3.05) is 10.7 Å². The zero-order chi connectivity index (χ0) is 20.9. The van der Waals surface area contributed by atoms with Crippen LogP contribution in [0.2, 0.25) is 0 Å². The molecule has 0 heterocycles. The summed E-state index contributed by atoms with van der Waals surface area (Å²) in [5.74, 6) is -0.988. The number of hydrogen-bond acceptors (Lipinski definition) is 5. The maximum Gasteiger partial charge on any atom is 0.429 e. The Balaban J connectivity index is 2.33. The number of benzene rings is 2. The van der Waals surface area contributed by atoms with E-state index in [2.05, 4.69) is 10.7 Å². The van der Waals surface area contributed by atoms with Crippen LogP contribution in [0, 0.1) is 11.6 Å². The summed E-state index contributed by atoms with van der Waals surface area (Å²) >= 11 is 0. The number of aldehydes is 1. The average Bonchev–Trinajstić information content (AvgIpc) is 2.59. The highest BCUT2D eigenvalue weighted by Crippen LogP contribution is 2.28. The predicted molar refractivity (Wildman–Crippen MR) is 103 cm³/mol. The second-order valence-corrected chi connectivity index (χ2v) is 7.16. The third-order valence-electron chi connectivity index (χ3n) is 3.52. The molecular weight excluding hydrogens is 368 g/mol. The van der Waals surface area contributed by atoms with Gasteiger partial charge in [0.25, 0.3) is 0 Å². The lowest BCUT2D eigenvalue weighted by atomic mass is 10.2. The van der Waals surface area contributed by atoms with E-state index in [1.807, 2.05) is 0 Å². The fourth-order valence-corrected chi connectivity index (χ4v) is 2.25. The Bertz CT molecular complexity index is 853. The summed E-state index contributed by atoms with van der Waals surface area (Å²) in [6.45, 7) is 6.60. The van der Waals surface area contributed by atoms with Crippen molar-refractivity contribution in [3.8, 4) is 0 Å². The minimum Gasteiger partial charge on any atom is -0.442 e. The standard InChI is InChI=1S/C20H23F2N3O3/c1-13(12-26)25(19(27)28-20(2,3)4)24-17-9-8-15(22)11-18(17)23-16-7-5-6-14(21)10-16/h5-13,23-24H,1-4H3/t13-/m0/s1. The van der Waals surface area contributed by atoms with Gasteiger partial charge in [0.05, 0.1) is 11.4 Å². The van der Waals surface area contributed by atoms with Crippen LogP contribution in [0.1, 0.15) is 27.7 Å². The van der Waals surface area contributed by atoms with E-state index in [9.17, 15) is 18.4 Å². The molecule has 1 atom stereocenters. The van der Waals surface area contributed by atoms with Crippen LogP contribution < -0.4 is 10.7 Å². The zero-order valence-corrected chi connectivity index (χ0v) is 16.1. The van der Waals surface area contributed by atoms with Crippen LogP contribution in [0.5, 0.6) is 0 Å². The summed E-state index contributed by atoms with van der Waals surface area (Å²) in [5.41, 5.74) is 2.95. The van der Waals surface area contributed by atoms with Crippen molar-refractivity contribution in [3.63, 3.8) is 0 Å². The number of hydrazine groups is 1. The number of amides is 1. The molecule has 28 heavy (non-hydrogen) atoms. The number of carbonyl (C=O) groups is 2. The van der Waals surface area contributed by atoms with E-state index in [-0.39, 0.29) is 5.69 Å². The third-order valence-corrected chi connectivity index (χ3v) is 3.52.